The Balaban J connectivity index is 2.53. The molecule has 0 radical (unpaired) electrons. The van der Waals surface area contributed by atoms with E-state index in [1.165, 1.54) is 4.57 Å². The number of fused-ring (bicyclic) bond motifs is 1. The molecule has 22 heavy (non-hydrogen) atoms. The fourth-order valence-corrected chi connectivity index (χ4v) is 2.75. The van der Waals surface area contributed by atoms with Gasteiger partial charge in [0.15, 0.2) is 0 Å². The van der Waals surface area contributed by atoms with Gasteiger partial charge in [-0.1, -0.05) is 36.4 Å². The van der Waals surface area contributed by atoms with Gasteiger partial charge in [-0.15, -0.1) is 0 Å². The van der Waals surface area contributed by atoms with Crippen LogP contribution in [0.5, 0.6) is 0 Å². The Bertz CT molecular complexity index is 954. The molecule has 0 aliphatic rings. The number of hydrogen-bond acceptors (Lipinski definition) is 2. The molecule has 0 atom stereocenters. The molecule has 0 bridgehead atoms. The van der Waals surface area contributed by atoms with Crippen LogP contribution >= 0.6 is 0 Å². The topological polar surface area (TPSA) is 59.3 Å². The highest BCUT2D eigenvalue weighted by molar-refractivity contribution is 5.94. The van der Waals surface area contributed by atoms with Crippen LogP contribution in [-0.4, -0.2) is 15.6 Å². The number of rotatable bonds is 2. The van der Waals surface area contributed by atoms with E-state index in [4.69, 9.17) is 0 Å². The van der Waals surface area contributed by atoms with Gasteiger partial charge in [-0.2, -0.15) is 0 Å². The average molecular weight is 293 g/mol. The van der Waals surface area contributed by atoms with Gasteiger partial charge in [0.1, 0.15) is 5.69 Å². The summed E-state index contributed by atoms with van der Waals surface area (Å²) in [6.45, 7) is 3.71. The minimum absolute atomic E-state index is 0.0302. The third-order valence-electron chi connectivity index (χ3n) is 3.83. The van der Waals surface area contributed by atoms with Crippen molar-refractivity contribution in [3.05, 3.63) is 75.7 Å². The summed E-state index contributed by atoms with van der Waals surface area (Å²) < 4.78 is 1.28. The van der Waals surface area contributed by atoms with Crippen LogP contribution in [0.1, 0.15) is 21.6 Å². The van der Waals surface area contributed by atoms with Gasteiger partial charge in [0.2, 0.25) is 0 Å². The summed E-state index contributed by atoms with van der Waals surface area (Å²) in [6, 6.07) is 14.3. The van der Waals surface area contributed by atoms with Gasteiger partial charge >= 0.3 is 5.97 Å². The molecule has 1 heterocycles. The second-order valence-corrected chi connectivity index (χ2v) is 5.30. The molecule has 1 N–H and O–H groups in total. The van der Waals surface area contributed by atoms with Gasteiger partial charge in [-0.05, 0) is 42.5 Å². The number of aromatic nitrogens is 1. The Hall–Kier alpha value is -2.88. The van der Waals surface area contributed by atoms with Crippen molar-refractivity contribution in [2.24, 2.45) is 0 Å². The van der Waals surface area contributed by atoms with Gasteiger partial charge in [-0.3, -0.25) is 9.36 Å². The lowest BCUT2D eigenvalue weighted by Gasteiger charge is -2.14. The van der Waals surface area contributed by atoms with Crippen LogP contribution in [-0.2, 0) is 0 Å². The van der Waals surface area contributed by atoms with E-state index < -0.39 is 5.97 Å². The summed E-state index contributed by atoms with van der Waals surface area (Å²) in [5.74, 6) is -1.12. The van der Waals surface area contributed by atoms with E-state index >= 15 is 0 Å². The van der Waals surface area contributed by atoms with Crippen LogP contribution < -0.4 is 5.56 Å². The first-order chi connectivity index (χ1) is 10.5. The molecular formula is C18H15NO3. The molecule has 0 saturated carbocycles. The summed E-state index contributed by atoms with van der Waals surface area (Å²) in [6.07, 6.45) is 0. The summed E-state index contributed by atoms with van der Waals surface area (Å²) >= 11 is 0. The standard InChI is InChI=1S/C18H15NO3/c1-11-6-3-4-9-14(11)19-15(18(21)22)10-13-8-5-7-12(2)16(13)17(19)20/h3-10H,1-2H3,(H,21,22). The largest absolute Gasteiger partial charge is 0.477 e. The normalized spacial score (nSPS) is 10.8. The molecule has 0 saturated heterocycles. The number of carboxylic acid groups (broad SMARTS) is 1. The van der Waals surface area contributed by atoms with Crippen LogP contribution in [0.3, 0.4) is 0 Å². The minimum atomic E-state index is -1.12. The van der Waals surface area contributed by atoms with Crippen LogP contribution in [0.2, 0.25) is 0 Å². The zero-order chi connectivity index (χ0) is 15.9. The fourth-order valence-electron chi connectivity index (χ4n) is 2.75. The quantitative estimate of drug-likeness (QED) is 0.788. The number of pyridine rings is 1. The first kappa shape index (κ1) is 14.1. The molecule has 0 aliphatic heterocycles. The molecule has 3 aromatic rings. The molecule has 3 rings (SSSR count). The first-order valence-corrected chi connectivity index (χ1v) is 6.95. The molecule has 4 heteroatoms. The molecule has 0 amide bonds. The van der Waals surface area contributed by atoms with E-state index in [-0.39, 0.29) is 11.3 Å². The first-order valence-electron chi connectivity index (χ1n) is 6.95. The van der Waals surface area contributed by atoms with Crippen molar-refractivity contribution >= 4 is 16.7 Å². The molecule has 4 nitrogen and oxygen atoms in total. The van der Waals surface area contributed by atoms with E-state index in [0.29, 0.717) is 16.5 Å². The molecule has 110 valence electrons. The molecule has 0 unspecified atom stereocenters. The number of aromatic carboxylic acids is 1. The van der Waals surface area contributed by atoms with E-state index in [0.717, 1.165) is 11.1 Å². The molecule has 0 fully saturated rings. The average Bonchev–Trinajstić information content (AvgIpc) is 2.48. The van der Waals surface area contributed by atoms with E-state index in [1.807, 2.05) is 38.1 Å². The second kappa shape index (κ2) is 5.15. The summed E-state index contributed by atoms with van der Waals surface area (Å²) in [4.78, 5) is 24.6. The molecular weight excluding hydrogens is 278 g/mol. The van der Waals surface area contributed by atoms with Crippen LogP contribution in [0.4, 0.5) is 0 Å². The Kier molecular flexibility index (Phi) is 3.29. The van der Waals surface area contributed by atoms with Gasteiger partial charge in [-0.25, -0.2) is 4.79 Å². The fraction of sp³-hybridized carbons (Fsp3) is 0.111. The Morgan fingerprint density at radius 1 is 1.00 bits per heavy atom. The molecule has 1 aromatic heterocycles. The van der Waals surface area contributed by atoms with Crippen molar-refractivity contribution in [3.8, 4) is 5.69 Å². The van der Waals surface area contributed by atoms with Crippen molar-refractivity contribution in [1.29, 1.82) is 0 Å². The predicted octanol–water partition coefficient (Wildman–Crippen LogP) is 3.31. The van der Waals surface area contributed by atoms with Crippen molar-refractivity contribution in [2.75, 3.05) is 0 Å². The highest BCUT2D eigenvalue weighted by atomic mass is 16.4. The lowest BCUT2D eigenvalue weighted by molar-refractivity contribution is 0.0687. The second-order valence-electron chi connectivity index (χ2n) is 5.30. The maximum atomic E-state index is 12.9. The lowest BCUT2D eigenvalue weighted by atomic mass is 10.1. The Labute approximate surface area is 127 Å². The zero-order valence-corrected chi connectivity index (χ0v) is 12.3. The number of aryl methyl sites for hydroxylation is 2. The van der Waals surface area contributed by atoms with E-state index in [1.54, 1.807) is 24.3 Å². The van der Waals surface area contributed by atoms with Crippen LogP contribution in [0.15, 0.2) is 53.3 Å². The smallest absolute Gasteiger partial charge is 0.353 e. The third-order valence-corrected chi connectivity index (χ3v) is 3.83. The number of carbonyl (C=O) groups is 1. The van der Waals surface area contributed by atoms with Crippen molar-refractivity contribution in [2.45, 2.75) is 13.8 Å². The summed E-state index contributed by atoms with van der Waals surface area (Å²) in [7, 11) is 0. The lowest BCUT2D eigenvalue weighted by Crippen LogP contribution is -2.25. The SMILES string of the molecule is Cc1ccccc1-n1c(C(=O)O)cc2cccc(C)c2c1=O. The number of para-hydroxylation sites is 1. The predicted molar refractivity (Wildman–Crippen MR) is 86.0 cm³/mol. The van der Waals surface area contributed by atoms with Crippen molar-refractivity contribution in [1.82, 2.24) is 4.57 Å². The number of hydrogen-bond donors (Lipinski definition) is 1. The Morgan fingerprint density at radius 2 is 1.68 bits per heavy atom. The van der Waals surface area contributed by atoms with Gasteiger partial charge in [0, 0.05) is 0 Å². The molecule has 0 aliphatic carbocycles. The highest BCUT2D eigenvalue weighted by Gasteiger charge is 2.17. The van der Waals surface area contributed by atoms with Crippen LogP contribution in [0.25, 0.3) is 16.5 Å². The van der Waals surface area contributed by atoms with Crippen molar-refractivity contribution < 1.29 is 9.90 Å². The van der Waals surface area contributed by atoms with Gasteiger partial charge in [0.25, 0.3) is 5.56 Å². The minimum Gasteiger partial charge on any atom is -0.477 e. The highest BCUT2D eigenvalue weighted by Crippen LogP contribution is 2.20. The van der Waals surface area contributed by atoms with Gasteiger partial charge < -0.3 is 5.11 Å². The van der Waals surface area contributed by atoms with Crippen molar-refractivity contribution in [3.63, 3.8) is 0 Å². The van der Waals surface area contributed by atoms with E-state index in [9.17, 15) is 14.7 Å². The number of benzene rings is 2. The summed E-state index contributed by atoms with van der Waals surface area (Å²) in [5.41, 5.74) is 1.94. The molecule has 2 aromatic carbocycles. The molecule has 0 spiro atoms. The monoisotopic (exact) mass is 293 g/mol. The Morgan fingerprint density at radius 3 is 2.36 bits per heavy atom. The van der Waals surface area contributed by atoms with Crippen LogP contribution in [0, 0.1) is 13.8 Å². The van der Waals surface area contributed by atoms with E-state index in [2.05, 4.69) is 0 Å². The summed E-state index contributed by atoms with van der Waals surface area (Å²) in [5, 5.41) is 10.7. The maximum absolute atomic E-state index is 12.9. The number of nitrogens with zero attached hydrogens (tertiary/aromatic N) is 1. The number of carboxylic acids is 1. The van der Waals surface area contributed by atoms with Gasteiger partial charge in [0.05, 0.1) is 11.1 Å². The maximum Gasteiger partial charge on any atom is 0.353 e. The zero-order valence-electron chi connectivity index (χ0n) is 12.3. The third kappa shape index (κ3) is 2.09.